The van der Waals surface area contributed by atoms with Gasteiger partial charge in [-0.3, -0.25) is 0 Å². The average molecular weight is 290 g/mol. The van der Waals surface area contributed by atoms with Crippen molar-refractivity contribution >= 4 is 0 Å². The molecule has 6 heteroatoms. The van der Waals surface area contributed by atoms with Crippen molar-refractivity contribution in [2.75, 3.05) is 13.9 Å². The number of ether oxygens (including phenoxy) is 3. The number of nitrogens with zero attached hydrogens (tertiary/aromatic N) is 2. The second kappa shape index (κ2) is 5.65. The summed E-state index contributed by atoms with van der Waals surface area (Å²) in [6.45, 7) is 3.04. The molecule has 0 amide bonds. The smallest absolute Gasteiger partial charge is 0.231 e. The third-order valence-corrected chi connectivity index (χ3v) is 3.58. The third kappa shape index (κ3) is 2.54. The third-order valence-electron chi connectivity index (χ3n) is 3.58. The number of rotatable bonds is 5. The van der Waals surface area contributed by atoms with Gasteiger partial charge in [-0.05, 0) is 24.6 Å². The molecule has 1 N–H and O–H groups in total. The minimum absolute atomic E-state index is 0.172. The zero-order chi connectivity index (χ0) is 14.8. The molecule has 6 nitrogen and oxygen atoms in total. The number of hydrogen-bond donors (Lipinski definition) is 1. The molecule has 2 heterocycles. The number of hydrogen-bond acceptors (Lipinski definition) is 5. The summed E-state index contributed by atoms with van der Waals surface area (Å²) in [6, 6.07) is 3.56. The Bertz CT molecular complexity index is 639. The van der Waals surface area contributed by atoms with E-state index in [-0.39, 0.29) is 6.79 Å². The first-order chi connectivity index (χ1) is 10.2. The van der Waals surface area contributed by atoms with Gasteiger partial charge in [-0.15, -0.1) is 0 Å². The monoisotopic (exact) mass is 290 g/mol. The van der Waals surface area contributed by atoms with Crippen LogP contribution in [0.3, 0.4) is 0 Å². The standard InChI is InChI=1S/C15H18N2O4/c1-3-17-5-4-16-14(17)8-11(18)10-6-12(19-2)15-13(7-10)20-9-21-15/h4-7,11,18H,3,8-9H2,1-2H3. The van der Waals surface area contributed by atoms with Crippen LogP contribution in [-0.4, -0.2) is 28.6 Å². The summed E-state index contributed by atoms with van der Waals surface area (Å²) in [5.41, 5.74) is 0.724. The molecule has 1 atom stereocenters. The summed E-state index contributed by atoms with van der Waals surface area (Å²) in [5.74, 6) is 2.60. The highest BCUT2D eigenvalue weighted by Gasteiger charge is 2.23. The Morgan fingerprint density at radius 3 is 3.05 bits per heavy atom. The van der Waals surface area contributed by atoms with Crippen molar-refractivity contribution in [2.24, 2.45) is 0 Å². The molecule has 1 aromatic heterocycles. The summed E-state index contributed by atoms with van der Waals surface area (Å²) in [7, 11) is 1.57. The molecule has 112 valence electrons. The molecule has 1 unspecified atom stereocenters. The van der Waals surface area contributed by atoms with E-state index in [2.05, 4.69) is 4.98 Å². The molecule has 1 aromatic carbocycles. The van der Waals surface area contributed by atoms with Gasteiger partial charge in [0.05, 0.1) is 13.2 Å². The van der Waals surface area contributed by atoms with Crippen molar-refractivity contribution in [2.45, 2.75) is 26.0 Å². The lowest BCUT2D eigenvalue weighted by molar-refractivity contribution is 0.169. The van der Waals surface area contributed by atoms with Gasteiger partial charge >= 0.3 is 0 Å². The van der Waals surface area contributed by atoms with Crippen molar-refractivity contribution < 1.29 is 19.3 Å². The van der Waals surface area contributed by atoms with Crippen molar-refractivity contribution in [1.82, 2.24) is 9.55 Å². The molecule has 0 spiro atoms. The zero-order valence-electron chi connectivity index (χ0n) is 12.1. The van der Waals surface area contributed by atoms with Crippen molar-refractivity contribution in [3.8, 4) is 17.2 Å². The summed E-state index contributed by atoms with van der Waals surface area (Å²) in [5, 5.41) is 10.5. The van der Waals surface area contributed by atoms with E-state index in [0.29, 0.717) is 23.7 Å². The Morgan fingerprint density at radius 2 is 2.29 bits per heavy atom. The Hall–Kier alpha value is -2.21. The first-order valence-electron chi connectivity index (χ1n) is 6.88. The van der Waals surface area contributed by atoms with Crippen LogP contribution in [0, 0.1) is 0 Å². The van der Waals surface area contributed by atoms with Crippen LogP contribution in [-0.2, 0) is 13.0 Å². The quantitative estimate of drug-likeness (QED) is 0.911. The molecular formula is C15H18N2O4. The van der Waals surface area contributed by atoms with Gasteiger partial charge in [0.25, 0.3) is 0 Å². The van der Waals surface area contributed by atoms with Gasteiger partial charge in [0.15, 0.2) is 11.5 Å². The molecule has 0 fully saturated rings. The zero-order valence-corrected chi connectivity index (χ0v) is 12.1. The SMILES string of the molecule is CCn1ccnc1CC(O)c1cc(OC)c2c(c1)OCO2. The van der Waals surface area contributed by atoms with Gasteiger partial charge in [0.2, 0.25) is 12.5 Å². The highest BCUT2D eigenvalue weighted by molar-refractivity contribution is 5.55. The lowest BCUT2D eigenvalue weighted by Crippen LogP contribution is -2.08. The van der Waals surface area contributed by atoms with Gasteiger partial charge in [-0.25, -0.2) is 4.98 Å². The Morgan fingerprint density at radius 1 is 1.43 bits per heavy atom. The van der Waals surface area contributed by atoms with Crippen LogP contribution in [0.1, 0.15) is 24.4 Å². The average Bonchev–Trinajstić information content (AvgIpc) is 3.14. The van der Waals surface area contributed by atoms with Crippen LogP contribution in [0.5, 0.6) is 17.2 Å². The number of methoxy groups -OCH3 is 1. The van der Waals surface area contributed by atoms with E-state index in [1.54, 1.807) is 25.4 Å². The van der Waals surface area contributed by atoms with Gasteiger partial charge < -0.3 is 23.9 Å². The molecule has 0 radical (unpaired) electrons. The maximum absolute atomic E-state index is 10.5. The highest BCUT2D eigenvalue weighted by atomic mass is 16.7. The van der Waals surface area contributed by atoms with Crippen LogP contribution in [0.4, 0.5) is 0 Å². The second-order valence-electron chi connectivity index (χ2n) is 4.81. The van der Waals surface area contributed by atoms with E-state index < -0.39 is 6.10 Å². The number of imidazole rings is 1. The lowest BCUT2D eigenvalue weighted by atomic mass is 10.0. The maximum Gasteiger partial charge on any atom is 0.231 e. The number of aliphatic hydroxyl groups excluding tert-OH is 1. The van der Waals surface area contributed by atoms with Crippen molar-refractivity contribution in [3.05, 3.63) is 35.9 Å². The molecule has 0 bridgehead atoms. The lowest BCUT2D eigenvalue weighted by Gasteiger charge is -2.14. The van der Waals surface area contributed by atoms with Crippen molar-refractivity contribution in [3.63, 3.8) is 0 Å². The molecule has 0 saturated heterocycles. The van der Waals surface area contributed by atoms with E-state index in [1.165, 1.54) is 0 Å². The fourth-order valence-corrected chi connectivity index (χ4v) is 2.45. The fourth-order valence-electron chi connectivity index (χ4n) is 2.45. The van der Waals surface area contributed by atoms with Crippen LogP contribution in [0.25, 0.3) is 0 Å². The van der Waals surface area contributed by atoms with Crippen LogP contribution >= 0.6 is 0 Å². The van der Waals surface area contributed by atoms with Crippen LogP contribution in [0.15, 0.2) is 24.5 Å². The first-order valence-corrected chi connectivity index (χ1v) is 6.88. The van der Waals surface area contributed by atoms with Gasteiger partial charge in [0, 0.05) is 25.4 Å². The Labute approximate surface area is 122 Å². The van der Waals surface area contributed by atoms with E-state index >= 15 is 0 Å². The van der Waals surface area contributed by atoms with Gasteiger partial charge in [-0.2, -0.15) is 0 Å². The number of aryl methyl sites for hydroxylation is 1. The summed E-state index contributed by atoms with van der Waals surface area (Å²) >= 11 is 0. The first kappa shape index (κ1) is 13.8. The molecule has 0 saturated carbocycles. The van der Waals surface area contributed by atoms with Crippen LogP contribution in [0.2, 0.25) is 0 Å². The van der Waals surface area contributed by atoms with E-state index in [0.717, 1.165) is 17.9 Å². The minimum atomic E-state index is -0.680. The topological polar surface area (TPSA) is 65.7 Å². The minimum Gasteiger partial charge on any atom is -0.493 e. The predicted octanol–water partition coefficient (Wildman–Crippen LogP) is 1.92. The summed E-state index contributed by atoms with van der Waals surface area (Å²) in [6.07, 6.45) is 3.40. The Kier molecular flexibility index (Phi) is 3.70. The van der Waals surface area contributed by atoms with Crippen molar-refractivity contribution in [1.29, 1.82) is 0 Å². The predicted molar refractivity (Wildman–Crippen MR) is 75.7 cm³/mol. The summed E-state index contributed by atoms with van der Waals surface area (Å²) in [4.78, 5) is 4.28. The molecule has 21 heavy (non-hydrogen) atoms. The normalized spacial score (nSPS) is 14.2. The highest BCUT2D eigenvalue weighted by Crippen LogP contribution is 2.43. The molecule has 1 aliphatic heterocycles. The number of fused-ring (bicyclic) bond motifs is 1. The summed E-state index contributed by atoms with van der Waals surface area (Å²) < 4.78 is 18.0. The molecule has 1 aliphatic rings. The van der Waals surface area contributed by atoms with Gasteiger partial charge in [0.1, 0.15) is 5.82 Å². The number of benzene rings is 1. The Balaban J connectivity index is 1.86. The van der Waals surface area contributed by atoms with Crippen LogP contribution < -0.4 is 14.2 Å². The molecular weight excluding hydrogens is 272 g/mol. The largest absolute Gasteiger partial charge is 0.493 e. The molecule has 2 aromatic rings. The number of aromatic nitrogens is 2. The maximum atomic E-state index is 10.5. The second-order valence-corrected chi connectivity index (χ2v) is 4.81. The van der Waals surface area contributed by atoms with E-state index in [4.69, 9.17) is 14.2 Å². The molecule has 3 rings (SSSR count). The number of aliphatic hydroxyl groups is 1. The van der Waals surface area contributed by atoms with E-state index in [9.17, 15) is 5.11 Å². The van der Waals surface area contributed by atoms with E-state index in [1.807, 2.05) is 17.7 Å². The molecule has 0 aliphatic carbocycles. The fraction of sp³-hybridized carbons (Fsp3) is 0.400. The van der Waals surface area contributed by atoms with Gasteiger partial charge in [-0.1, -0.05) is 0 Å².